The van der Waals surface area contributed by atoms with Gasteiger partial charge in [-0.15, -0.1) is 0 Å². The van der Waals surface area contributed by atoms with Crippen molar-refractivity contribution in [1.29, 1.82) is 0 Å². The number of benzene rings is 1. The molecule has 3 atom stereocenters. The Balaban J connectivity index is 2.14. The number of carboxylic acid groups (broad SMARTS) is 1. The van der Waals surface area contributed by atoms with Crippen LogP contribution < -0.4 is 11.1 Å². The van der Waals surface area contributed by atoms with Crippen LogP contribution in [-0.2, 0) is 10.3 Å². The Bertz CT molecular complexity index is 669. The minimum Gasteiger partial charge on any atom is -0.465 e. The lowest BCUT2D eigenvalue weighted by Gasteiger charge is -2.47. The number of rotatable bonds is 1. The number of ether oxygens (including phenoxy) is 1. The lowest BCUT2D eigenvalue weighted by Crippen LogP contribution is -2.51. The molecule has 0 spiro atoms. The molecule has 3 unspecified atom stereocenters. The predicted octanol–water partition coefficient (Wildman–Crippen LogP) is 2.40. The molecule has 0 aromatic heterocycles. The quantitative estimate of drug-likeness (QED) is 0.683. The van der Waals surface area contributed by atoms with Gasteiger partial charge in [0.05, 0.1) is 11.6 Å². The first-order valence-corrected chi connectivity index (χ1v) is 8.30. The van der Waals surface area contributed by atoms with E-state index >= 15 is 0 Å². The molecule has 8 heteroatoms. The van der Waals surface area contributed by atoms with Gasteiger partial charge in [-0.2, -0.15) is 0 Å². The number of halogens is 1. The van der Waals surface area contributed by atoms with Crippen LogP contribution in [0, 0.1) is 11.7 Å². The van der Waals surface area contributed by atoms with Gasteiger partial charge in [-0.05, 0) is 25.1 Å². The Labute approximate surface area is 137 Å². The monoisotopic (exact) mass is 339 g/mol. The van der Waals surface area contributed by atoms with Crippen LogP contribution in [0.4, 0.5) is 14.9 Å². The van der Waals surface area contributed by atoms with Crippen molar-refractivity contribution in [2.75, 3.05) is 18.1 Å². The third kappa shape index (κ3) is 2.88. The fraction of sp³-hybridized carbons (Fsp3) is 0.467. The maximum absolute atomic E-state index is 14.5. The second-order valence-electron chi connectivity index (χ2n) is 5.75. The Morgan fingerprint density at radius 2 is 2.39 bits per heavy atom. The van der Waals surface area contributed by atoms with E-state index in [2.05, 4.69) is 10.3 Å². The maximum Gasteiger partial charge on any atom is 0.410 e. The van der Waals surface area contributed by atoms with Gasteiger partial charge in [0.15, 0.2) is 5.17 Å². The molecule has 124 valence electrons. The molecule has 6 nitrogen and oxygen atoms in total. The lowest BCUT2D eigenvalue weighted by atomic mass is 9.72. The largest absolute Gasteiger partial charge is 0.465 e. The summed E-state index contributed by atoms with van der Waals surface area (Å²) in [6, 6.07) is 4.43. The van der Waals surface area contributed by atoms with E-state index in [0.29, 0.717) is 30.0 Å². The number of thioether (sulfide) groups is 1. The first-order valence-electron chi connectivity index (χ1n) is 7.32. The first-order chi connectivity index (χ1) is 10.9. The van der Waals surface area contributed by atoms with Crippen LogP contribution in [0.15, 0.2) is 23.2 Å². The van der Waals surface area contributed by atoms with Crippen LogP contribution in [0.3, 0.4) is 0 Å². The number of nitrogens with two attached hydrogens (primary N) is 1. The average molecular weight is 339 g/mol. The molecule has 0 aliphatic carbocycles. The normalized spacial score (nSPS) is 30.3. The summed E-state index contributed by atoms with van der Waals surface area (Å²) in [5.74, 6) is 0.148. The van der Waals surface area contributed by atoms with Gasteiger partial charge in [-0.1, -0.05) is 11.8 Å². The third-order valence-corrected chi connectivity index (χ3v) is 5.41. The number of nitrogens with zero attached hydrogens (tertiary/aromatic N) is 1. The Morgan fingerprint density at radius 3 is 3.13 bits per heavy atom. The van der Waals surface area contributed by atoms with Gasteiger partial charge in [-0.3, -0.25) is 10.3 Å². The minimum atomic E-state index is -1.18. The third-order valence-electron chi connectivity index (χ3n) is 4.42. The molecule has 1 fully saturated rings. The number of nitrogen functional groups attached to an aromatic ring is 1. The van der Waals surface area contributed by atoms with E-state index in [1.165, 1.54) is 23.9 Å². The molecule has 2 aliphatic rings. The van der Waals surface area contributed by atoms with E-state index in [9.17, 15) is 9.18 Å². The lowest BCUT2D eigenvalue weighted by molar-refractivity contribution is -0.0514. The molecule has 3 rings (SSSR count). The summed E-state index contributed by atoms with van der Waals surface area (Å²) in [6.07, 6.45) is -0.807. The molecule has 4 N–H and O–H groups in total. The van der Waals surface area contributed by atoms with Gasteiger partial charge in [-0.25, -0.2) is 9.18 Å². The number of aliphatic imine (C=N–C) groups is 1. The highest BCUT2D eigenvalue weighted by atomic mass is 32.2. The van der Waals surface area contributed by atoms with Crippen molar-refractivity contribution in [3.05, 3.63) is 29.6 Å². The van der Waals surface area contributed by atoms with Crippen molar-refractivity contribution < 1.29 is 19.0 Å². The van der Waals surface area contributed by atoms with Gasteiger partial charge in [0.1, 0.15) is 5.82 Å². The molecule has 23 heavy (non-hydrogen) atoms. The highest BCUT2D eigenvalue weighted by Gasteiger charge is 2.50. The molecule has 2 aliphatic heterocycles. The topological polar surface area (TPSA) is 96.9 Å². The Morgan fingerprint density at radius 1 is 1.61 bits per heavy atom. The zero-order valence-electron chi connectivity index (χ0n) is 12.6. The molecule has 1 amide bonds. The summed E-state index contributed by atoms with van der Waals surface area (Å²) < 4.78 is 20.2. The Hall–Kier alpha value is -1.80. The van der Waals surface area contributed by atoms with Crippen LogP contribution in [0.1, 0.15) is 18.9 Å². The van der Waals surface area contributed by atoms with Crippen LogP contribution >= 0.6 is 11.8 Å². The highest BCUT2D eigenvalue weighted by Crippen LogP contribution is 2.48. The number of amides is 1. The predicted molar refractivity (Wildman–Crippen MR) is 87.1 cm³/mol. The second kappa shape index (κ2) is 6.01. The molecule has 0 radical (unpaired) electrons. The van der Waals surface area contributed by atoms with Gasteiger partial charge < -0.3 is 15.6 Å². The molecule has 2 heterocycles. The van der Waals surface area contributed by atoms with Gasteiger partial charge in [0.25, 0.3) is 0 Å². The van der Waals surface area contributed by atoms with Crippen molar-refractivity contribution in [3.63, 3.8) is 0 Å². The fourth-order valence-corrected chi connectivity index (χ4v) is 4.58. The van der Waals surface area contributed by atoms with E-state index in [1.54, 1.807) is 6.07 Å². The van der Waals surface area contributed by atoms with Crippen molar-refractivity contribution in [1.82, 2.24) is 5.32 Å². The standard InChI is InChI=1S/C15H18FN3O3S/c1-8-11-7-23-13(18-14(20)21)19-15(11,4-5-22-8)10-6-9(17)2-3-12(10)16/h2-3,6,8,11H,4-5,7,17H2,1H3,(H,18,19)(H,20,21). The first kappa shape index (κ1) is 16.1. The second-order valence-corrected chi connectivity index (χ2v) is 6.76. The van der Waals surface area contributed by atoms with E-state index in [0.717, 1.165) is 0 Å². The van der Waals surface area contributed by atoms with Crippen molar-refractivity contribution >= 4 is 28.7 Å². The molecule has 1 aromatic rings. The number of nitrogens with one attached hydrogen (secondary N) is 1. The van der Waals surface area contributed by atoms with Crippen LogP contribution in [0.25, 0.3) is 0 Å². The summed E-state index contributed by atoms with van der Waals surface area (Å²) >= 11 is 1.31. The van der Waals surface area contributed by atoms with Crippen molar-refractivity contribution in [3.8, 4) is 0 Å². The summed E-state index contributed by atoms with van der Waals surface area (Å²) in [7, 11) is 0. The van der Waals surface area contributed by atoms with Gasteiger partial charge in [0, 0.05) is 35.9 Å². The minimum absolute atomic E-state index is 0.0584. The number of hydrogen-bond donors (Lipinski definition) is 3. The average Bonchev–Trinajstić information content (AvgIpc) is 2.49. The van der Waals surface area contributed by atoms with Crippen LogP contribution in [0.2, 0.25) is 0 Å². The molecule has 0 saturated carbocycles. The van der Waals surface area contributed by atoms with E-state index in [-0.39, 0.29) is 23.0 Å². The van der Waals surface area contributed by atoms with Gasteiger partial charge >= 0.3 is 6.09 Å². The van der Waals surface area contributed by atoms with E-state index in [1.807, 2.05) is 6.92 Å². The zero-order chi connectivity index (χ0) is 16.6. The smallest absolute Gasteiger partial charge is 0.410 e. The number of carbonyl (C=O) groups is 1. The fourth-order valence-electron chi connectivity index (χ4n) is 3.31. The zero-order valence-corrected chi connectivity index (χ0v) is 13.4. The number of anilines is 1. The number of hydrogen-bond acceptors (Lipinski definition) is 5. The molecule has 0 bridgehead atoms. The molecular weight excluding hydrogens is 321 g/mol. The maximum atomic E-state index is 14.5. The SMILES string of the molecule is CC1OCCC2(c3cc(N)ccc3F)N=C(NC(=O)O)SCC12. The molecule has 1 aromatic carbocycles. The summed E-state index contributed by atoms with van der Waals surface area (Å²) in [4.78, 5) is 15.5. The molecular formula is C15H18FN3O3S. The van der Waals surface area contributed by atoms with Crippen molar-refractivity contribution in [2.45, 2.75) is 25.0 Å². The highest BCUT2D eigenvalue weighted by molar-refractivity contribution is 8.13. The Kier molecular flexibility index (Phi) is 4.20. The summed E-state index contributed by atoms with van der Waals surface area (Å²) in [5.41, 5.74) is 5.84. The number of amidine groups is 1. The van der Waals surface area contributed by atoms with Crippen LogP contribution in [0.5, 0.6) is 0 Å². The summed E-state index contributed by atoms with van der Waals surface area (Å²) in [6.45, 7) is 2.37. The molecule has 1 saturated heterocycles. The number of fused-ring (bicyclic) bond motifs is 1. The van der Waals surface area contributed by atoms with E-state index in [4.69, 9.17) is 15.6 Å². The van der Waals surface area contributed by atoms with Gasteiger partial charge in [0.2, 0.25) is 0 Å². The van der Waals surface area contributed by atoms with Crippen molar-refractivity contribution in [2.24, 2.45) is 10.9 Å². The summed E-state index contributed by atoms with van der Waals surface area (Å²) in [5, 5.41) is 11.5. The van der Waals surface area contributed by atoms with E-state index < -0.39 is 11.6 Å². The van der Waals surface area contributed by atoms with Crippen LogP contribution in [-0.4, -0.2) is 34.8 Å².